The van der Waals surface area contributed by atoms with Crippen LogP contribution >= 0.6 is 0 Å². The van der Waals surface area contributed by atoms with Gasteiger partial charge in [0.1, 0.15) is 0 Å². The number of aryl methyl sites for hydroxylation is 1. The maximum absolute atomic E-state index is 14.7. The van der Waals surface area contributed by atoms with Gasteiger partial charge in [-0.25, -0.2) is 9.97 Å². The zero-order valence-electron chi connectivity index (χ0n) is 50.5. The molecule has 0 atom stereocenters. The van der Waals surface area contributed by atoms with Crippen LogP contribution in [0.1, 0.15) is 36.6 Å². The van der Waals surface area contributed by atoms with Gasteiger partial charge in [-0.3, -0.25) is 29.3 Å². The summed E-state index contributed by atoms with van der Waals surface area (Å²) in [7, 11) is 5.29. The smallest absolute Gasteiger partial charge is 0.258 e. The Balaban J connectivity index is 0.753. The van der Waals surface area contributed by atoms with Crippen molar-refractivity contribution in [3.8, 4) is 101 Å². The molecule has 0 radical (unpaired) electrons. The van der Waals surface area contributed by atoms with Gasteiger partial charge in [0.2, 0.25) is 0 Å². The van der Waals surface area contributed by atoms with E-state index in [9.17, 15) is 14.4 Å². The fourth-order valence-corrected chi connectivity index (χ4v) is 11.4. The molecule has 11 nitrogen and oxygen atoms in total. The second-order valence-electron chi connectivity index (χ2n) is 22.3. The highest BCUT2D eigenvalue weighted by Crippen LogP contribution is 2.38. The number of carbonyl (C=O) groups is 3. The first kappa shape index (κ1) is 58.0. The lowest BCUT2D eigenvalue weighted by Crippen LogP contribution is -2.28. The van der Waals surface area contributed by atoms with Crippen molar-refractivity contribution in [3.63, 3.8) is 0 Å². The van der Waals surface area contributed by atoms with Crippen molar-refractivity contribution in [1.82, 2.24) is 24.9 Å². The van der Waals surface area contributed by atoms with Gasteiger partial charge in [-0.15, -0.1) is 0 Å². The van der Waals surface area contributed by atoms with Crippen molar-refractivity contribution in [2.24, 2.45) is 0 Å². The molecule has 3 amide bonds. The van der Waals surface area contributed by atoms with Crippen LogP contribution in [0.15, 0.2) is 292 Å². The van der Waals surface area contributed by atoms with Crippen LogP contribution in [0.3, 0.4) is 0 Å². The number of rotatable bonds is 15. The molecule has 0 saturated heterocycles. The zero-order valence-corrected chi connectivity index (χ0v) is 50.5. The van der Waals surface area contributed by atoms with Gasteiger partial charge in [0, 0.05) is 108 Å². The number of hydrogen-bond donors (Lipinski definition) is 0. The first-order chi connectivity index (χ1) is 44.5. The van der Waals surface area contributed by atoms with E-state index in [4.69, 9.17) is 9.97 Å². The maximum atomic E-state index is 14.7. The average molecular weight is 1180 g/mol. The zero-order chi connectivity index (χ0) is 62.4. The summed E-state index contributed by atoms with van der Waals surface area (Å²) in [4.78, 5) is 71.7. The van der Waals surface area contributed by atoms with Gasteiger partial charge in [-0.1, -0.05) is 158 Å². The second-order valence-corrected chi connectivity index (χ2v) is 22.3. The third-order valence-electron chi connectivity index (χ3n) is 16.4. The molecule has 438 valence electrons. The fourth-order valence-electron chi connectivity index (χ4n) is 11.4. The van der Waals surface area contributed by atoms with Crippen molar-refractivity contribution in [2.45, 2.75) is 6.92 Å². The Morgan fingerprint density at radius 1 is 0.275 bits per heavy atom. The van der Waals surface area contributed by atoms with E-state index in [0.29, 0.717) is 39.5 Å². The average Bonchev–Trinajstić information content (AvgIpc) is 1.43. The molecule has 0 aliphatic heterocycles. The summed E-state index contributed by atoms with van der Waals surface area (Å²) in [6.45, 7) is 2.02. The molecule has 9 aromatic carbocycles. The Hall–Kier alpha value is -12.1. The normalized spacial score (nSPS) is 11.0. The van der Waals surface area contributed by atoms with Gasteiger partial charge < -0.3 is 14.7 Å². The molecule has 0 aliphatic carbocycles. The van der Waals surface area contributed by atoms with E-state index >= 15 is 0 Å². The lowest BCUT2D eigenvalue weighted by atomic mass is 9.91. The maximum Gasteiger partial charge on any atom is 0.258 e. The molecule has 13 rings (SSSR count). The van der Waals surface area contributed by atoms with Crippen LogP contribution in [-0.4, -0.2) is 63.8 Å². The first-order valence-corrected chi connectivity index (χ1v) is 29.9. The van der Waals surface area contributed by atoms with Crippen LogP contribution < -0.4 is 14.7 Å². The summed E-state index contributed by atoms with van der Waals surface area (Å²) in [6, 6.07) is 86.9. The summed E-state index contributed by atoms with van der Waals surface area (Å²) in [5.41, 5.74) is 19.8. The summed E-state index contributed by atoms with van der Waals surface area (Å²) >= 11 is 0. The number of nitrogens with zero attached hydrogens (tertiary/aromatic N) is 8. The summed E-state index contributed by atoms with van der Waals surface area (Å²) in [5.74, 6) is -0.0813. The molecule has 0 fully saturated rings. The molecule has 91 heavy (non-hydrogen) atoms. The van der Waals surface area contributed by atoms with E-state index in [0.717, 1.165) is 101 Å². The van der Waals surface area contributed by atoms with Crippen molar-refractivity contribution in [3.05, 3.63) is 314 Å². The molecule has 11 heteroatoms. The highest BCUT2D eigenvalue weighted by atomic mass is 16.2. The van der Waals surface area contributed by atoms with E-state index in [-0.39, 0.29) is 17.7 Å². The molecule has 0 N–H and O–H groups in total. The van der Waals surface area contributed by atoms with Crippen LogP contribution in [0, 0.1) is 6.92 Å². The van der Waals surface area contributed by atoms with Crippen LogP contribution in [0.4, 0.5) is 17.1 Å². The quantitative estimate of drug-likeness (QED) is 0.0994. The second kappa shape index (κ2) is 25.7. The lowest BCUT2D eigenvalue weighted by Gasteiger charge is -2.21. The van der Waals surface area contributed by atoms with Crippen molar-refractivity contribution in [1.29, 1.82) is 0 Å². The number of pyridine rings is 3. The molecule has 4 heterocycles. The molecule has 4 aromatic heterocycles. The van der Waals surface area contributed by atoms with E-state index in [1.54, 1.807) is 66.7 Å². The van der Waals surface area contributed by atoms with Crippen molar-refractivity contribution in [2.75, 3.05) is 35.8 Å². The Morgan fingerprint density at radius 2 is 0.593 bits per heavy atom. The first-order valence-electron chi connectivity index (χ1n) is 29.9. The number of anilines is 3. The largest absolute Gasteiger partial charge is 0.311 e. The standard InChI is InChI=1S/C80H60N8O3/c1-53-47-61(49-63(48-53)78(89)86(2)66-36-30-56(31-37-66)73-19-9-12-43-81-73)71-17-7-5-15-69(71)54-22-26-59(27-23-54)76-42-46-84-77(85-76)60-28-24-55(25-29-60)70-16-6-8-18-72(70)62-50-64(79(90)87(3)67-38-32-57(33-39-67)74-20-10-13-44-82-74)52-65(51-62)80(91)88(4)68-40-34-58(35-41-68)75-21-11-14-45-83-75/h5-52H,1-4H3. The fraction of sp³-hybridized carbons (Fsp3) is 0.0500. The SMILES string of the molecule is Cc1cc(C(=O)N(C)c2ccc(-c3ccccn3)cc2)cc(-c2ccccc2-c2ccc(-c3ccnc(-c4ccc(-c5ccccc5-c5cc(C(=O)N(C)c6ccc(-c7ccccn7)cc6)cc(C(=O)N(C)c6ccc(-c7ccccn7)cc6)c5)cc4)n3)cc2)c1. The van der Waals surface area contributed by atoms with Gasteiger partial charge in [0.05, 0.1) is 22.8 Å². The molecule has 0 aliphatic rings. The molecule has 13 aromatic rings. The molecular formula is C80H60N8O3. The molecular weight excluding hydrogens is 1120 g/mol. The summed E-state index contributed by atoms with van der Waals surface area (Å²) in [5, 5.41) is 0. The number of aromatic nitrogens is 5. The third kappa shape index (κ3) is 12.5. The van der Waals surface area contributed by atoms with Gasteiger partial charge in [-0.05, 0) is 166 Å². The third-order valence-corrected chi connectivity index (χ3v) is 16.4. The Bertz CT molecular complexity index is 4660. The molecule has 0 bridgehead atoms. The predicted molar refractivity (Wildman–Crippen MR) is 367 cm³/mol. The van der Waals surface area contributed by atoms with Gasteiger partial charge in [0.25, 0.3) is 17.7 Å². The van der Waals surface area contributed by atoms with Crippen LogP contribution in [0.2, 0.25) is 0 Å². The Kier molecular flexibility index (Phi) is 16.4. The minimum Gasteiger partial charge on any atom is -0.311 e. The highest BCUT2D eigenvalue weighted by molar-refractivity contribution is 6.12. The topological polar surface area (TPSA) is 125 Å². The van der Waals surface area contributed by atoms with E-state index in [1.807, 2.05) is 207 Å². The minimum absolute atomic E-state index is 0.102. The van der Waals surface area contributed by atoms with Crippen molar-refractivity contribution >= 4 is 34.8 Å². The Labute approximate surface area is 529 Å². The van der Waals surface area contributed by atoms with E-state index in [1.165, 1.54) is 0 Å². The summed E-state index contributed by atoms with van der Waals surface area (Å²) in [6.07, 6.45) is 7.07. The number of benzene rings is 9. The van der Waals surface area contributed by atoms with Crippen LogP contribution in [0.5, 0.6) is 0 Å². The van der Waals surface area contributed by atoms with E-state index < -0.39 is 0 Å². The van der Waals surface area contributed by atoms with Crippen LogP contribution in [0.25, 0.3) is 101 Å². The lowest BCUT2D eigenvalue weighted by molar-refractivity contribution is 0.0982. The minimum atomic E-state index is -0.276. The number of amides is 3. The molecule has 0 unspecified atom stereocenters. The highest BCUT2D eigenvalue weighted by Gasteiger charge is 2.23. The van der Waals surface area contributed by atoms with Gasteiger partial charge >= 0.3 is 0 Å². The number of carbonyl (C=O) groups excluding carboxylic acids is 3. The van der Waals surface area contributed by atoms with Gasteiger partial charge in [0.15, 0.2) is 5.82 Å². The molecule has 0 saturated carbocycles. The predicted octanol–water partition coefficient (Wildman–Crippen LogP) is 17.8. The summed E-state index contributed by atoms with van der Waals surface area (Å²) < 4.78 is 0. The van der Waals surface area contributed by atoms with E-state index in [2.05, 4.69) is 75.6 Å². The van der Waals surface area contributed by atoms with Crippen molar-refractivity contribution < 1.29 is 14.4 Å². The monoisotopic (exact) mass is 1180 g/mol. The van der Waals surface area contributed by atoms with Gasteiger partial charge in [-0.2, -0.15) is 0 Å². The number of hydrogen-bond acceptors (Lipinski definition) is 8. The molecule has 0 spiro atoms. The van der Waals surface area contributed by atoms with Crippen LogP contribution in [-0.2, 0) is 0 Å². The Morgan fingerprint density at radius 3 is 0.978 bits per heavy atom.